The van der Waals surface area contributed by atoms with Crippen molar-refractivity contribution >= 4 is 57.8 Å². The number of halogens is 1. The van der Waals surface area contributed by atoms with Crippen LogP contribution < -0.4 is 9.64 Å². The lowest BCUT2D eigenvalue weighted by Gasteiger charge is -2.16. The number of hydrogen-bond acceptors (Lipinski definition) is 6. The first-order valence-corrected chi connectivity index (χ1v) is 9.57. The van der Waals surface area contributed by atoms with Crippen molar-refractivity contribution in [2.45, 2.75) is 0 Å². The van der Waals surface area contributed by atoms with Crippen LogP contribution in [-0.4, -0.2) is 36.4 Å². The van der Waals surface area contributed by atoms with Crippen LogP contribution in [0.4, 0.5) is 5.69 Å². The van der Waals surface area contributed by atoms with E-state index >= 15 is 0 Å². The zero-order chi connectivity index (χ0) is 18.0. The Morgan fingerprint density at radius 3 is 2.68 bits per heavy atom. The maximum absolute atomic E-state index is 13.0. The molecule has 3 rings (SSSR count). The van der Waals surface area contributed by atoms with Gasteiger partial charge in [-0.2, -0.15) is 0 Å². The molecule has 130 valence electrons. The van der Waals surface area contributed by atoms with E-state index in [0.29, 0.717) is 32.7 Å². The highest BCUT2D eigenvalue weighted by Crippen LogP contribution is 2.41. The highest BCUT2D eigenvalue weighted by atomic mass is 35.5. The fourth-order valence-electron chi connectivity index (χ4n) is 2.46. The maximum Gasteiger partial charge on any atom is 0.272 e. The van der Waals surface area contributed by atoms with Crippen molar-refractivity contribution in [2.75, 3.05) is 24.4 Å². The minimum absolute atomic E-state index is 0.0816. The maximum atomic E-state index is 13.0. The molecule has 1 aromatic carbocycles. The Balaban J connectivity index is 2.03. The van der Waals surface area contributed by atoms with Crippen molar-refractivity contribution < 1.29 is 19.4 Å². The molecule has 1 N–H and O–H groups in total. The van der Waals surface area contributed by atoms with Gasteiger partial charge in [0.15, 0.2) is 0 Å². The first-order chi connectivity index (χ1) is 12.1. The molecule has 0 bridgehead atoms. The van der Waals surface area contributed by atoms with Crippen molar-refractivity contribution in [3.63, 3.8) is 0 Å². The van der Waals surface area contributed by atoms with Crippen LogP contribution >= 0.6 is 34.7 Å². The van der Waals surface area contributed by atoms with Gasteiger partial charge >= 0.3 is 0 Å². The molecule has 0 saturated heterocycles. The Bertz CT molecular complexity index is 848. The molecule has 0 unspecified atom stereocenters. The van der Waals surface area contributed by atoms with Crippen molar-refractivity contribution in [2.24, 2.45) is 0 Å². The summed E-state index contributed by atoms with van der Waals surface area (Å²) in [5, 5.41) is 11.3. The first kappa shape index (κ1) is 18.0. The summed E-state index contributed by atoms with van der Waals surface area (Å²) in [5.41, 5.74) is 0.750. The number of imide groups is 1. The van der Waals surface area contributed by atoms with E-state index in [2.05, 4.69) is 0 Å². The molecule has 5 nitrogen and oxygen atoms in total. The number of thiophene rings is 1. The number of methoxy groups -OCH3 is 1. The van der Waals surface area contributed by atoms with Crippen molar-refractivity contribution in [3.8, 4) is 5.75 Å². The summed E-state index contributed by atoms with van der Waals surface area (Å²) in [6, 6.07) is 8.39. The Hall–Kier alpha value is -1.80. The van der Waals surface area contributed by atoms with E-state index in [9.17, 15) is 9.59 Å². The second-order valence-electron chi connectivity index (χ2n) is 5.02. The highest BCUT2D eigenvalue weighted by Gasteiger charge is 2.40. The van der Waals surface area contributed by atoms with E-state index in [1.165, 1.54) is 36.3 Å². The van der Waals surface area contributed by atoms with E-state index in [0.717, 1.165) is 9.78 Å². The number of nitrogens with zero attached hydrogens (tertiary/aromatic N) is 1. The monoisotopic (exact) mass is 395 g/mol. The minimum Gasteiger partial charge on any atom is -0.495 e. The fourth-order valence-corrected chi connectivity index (χ4v) is 4.39. The lowest BCUT2D eigenvalue weighted by Crippen LogP contribution is -2.31. The number of aliphatic hydroxyl groups is 1. The molecular weight excluding hydrogens is 382 g/mol. The van der Waals surface area contributed by atoms with Gasteiger partial charge in [-0.15, -0.1) is 23.1 Å². The number of anilines is 1. The number of benzene rings is 1. The molecular formula is C17H14ClNO4S2. The summed E-state index contributed by atoms with van der Waals surface area (Å²) < 4.78 is 5.11. The average molecular weight is 396 g/mol. The molecule has 0 atom stereocenters. The predicted molar refractivity (Wildman–Crippen MR) is 101 cm³/mol. The first-order valence-electron chi connectivity index (χ1n) is 7.32. The topological polar surface area (TPSA) is 66.8 Å². The van der Waals surface area contributed by atoms with Gasteiger partial charge < -0.3 is 9.84 Å². The number of carbonyl (C=O) groups excluding carboxylic acids is 2. The lowest BCUT2D eigenvalue weighted by molar-refractivity contribution is -0.119. The number of thioether (sulfide) groups is 1. The van der Waals surface area contributed by atoms with E-state index in [1.54, 1.807) is 18.2 Å². The van der Waals surface area contributed by atoms with Crippen LogP contribution in [0.15, 0.2) is 40.6 Å². The second kappa shape index (κ2) is 7.61. The third-order valence-electron chi connectivity index (χ3n) is 3.54. The molecule has 0 aliphatic carbocycles. The van der Waals surface area contributed by atoms with Crippen LogP contribution in [0, 0.1) is 0 Å². The third kappa shape index (κ3) is 3.32. The van der Waals surface area contributed by atoms with Crippen LogP contribution in [-0.2, 0) is 9.59 Å². The number of amides is 2. The largest absolute Gasteiger partial charge is 0.495 e. The van der Waals surface area contributed by atoms with Crippen molar-refractivity contribution in [1.29, 1.82) is 0 Å². The van der Waals surface area contributed by atoms with Gasteiger partial charge in [0.2, 0.25) is 0 Å². The summed E-state index contributed by atoms with van der Waals surface area (Å²) in [6.45, 7) is -0.0816. The zero-order valence-corrected chi connectivity index (χ0v) is 15.6. The Morgan fingerprint density at radius 1 is 1.28 bits per heavy atom. The van der Waals surface area contributed by atoms with Gasteiger partial charge in [0.25, 0.3) is 11.8 Å². The van der Waals surface area contributed by atoms with Crippen LogP contribution in [0.5, 0.6) is 5.75 Å². The second-order valence-corrected chi connectivity index (χ2v) is 7.48. The lowest BCUT2D eigenvalue weighted by atomic mass is 10.2. The van der Waals surface area contributed by atoms with Crippen molar-refractivity contribution in [3.05, 3.63) is 50.5 Å². The number of ether oxygens (including phenoxy) is 1. The number of hydrogen-bond donors (Lipinski definition) is 1. The normalized spacial score (nSPS) is 14.6. The number of aliphatic hydroxyl groups excluding tert-OH is 1. The molecule has 0 spiro atoms. The van der Waals surface area contributed by atoms with Crippen LogP contribution in [0.2, 0.25) is 5.02 Å². The average Bonchev–Trinajstić information content (AvgIpc) is 3.19. The van der Waals surface area contributed by atoms with E-state index in [1.807, 2.05) is 11.4 Å². The molecule has 1 aromatic heterocycles. The molecule has 0 saturated carbocycles. The summed E-state index contributed by atoms with van der Waals surface area (Å²) in [6.07, 6.45) is 0. The van der Waals surface area contributed by atoms with E-state index < -0.39 is 11.8 Å². The van der Waals surface area contributed by atoms with Gasteiger partial charge in [-0.05, 0) is 29.6 Å². The van der Waals surface area contributed by atoms with Crippen LogP contribution in [0.25, 0.3) is 5.57 Å². The third-order valence-corrected chi connectivity index (χ3v) is 5.78. The van der Waals surface area contributed by atoms with E-state index in [4.69, 9.17) is 21.4 Å². The van der Waals surface area contributed by atoms with Gasteiger partial charge in [0.05, 0.1) is 34.9 Å². The number of rotatable bonds is 6. The molecule has 2 amide bonds. The van der Waals surface area contributed by atoms with Gasteiger partial charge in [0, 0.05) is 10.6 Å². The molecule has 1 aliphatic rings. The molecule has 1 aliphatic heterocycles. The molecule has 2 aromatic rings. The molecule has 0 radical (unpaired) electrons. The summed E-state index contributed by atoms with van der Waals surface area (Å²) in [4.78, 5) is 28.0. The molecule has 8 heteroatoms. The van der Waals surface area contributed by atoms with Crippen LogP contribution in [0.3, 0.4) is 0 Å². The Morgan fingerprint density at radius 2 is 2.08 bits per heavy atom. The summed E-state index contributed by atoms with van der Waals surface area (Å²) in [7, 11) is 1.49. The smallest absolute Gasteiger partial charge is 0.272 e. The SMILES string of the molecule is COc1ccc(N2C(=O)C(SCCO)=C(c3cccs3)C2=O)cc1Cl. The zero-order valence-electron chi connectivity index (χ0n) is 13.2. The van der Waals surface area contributed by atoms with Gasteiger partial charge in [-0.1, -0.05) is 17.7 Å². The molecule has 0 fully saturated rings. The van der Waals surface area contributed by atoms with E-state index in [-0.39, 0.29) is 6.61 Å². The van der Waals surface area contributed by atoms with Crippen LogP contribution in [0.1, 0.15) is 4.88 Å². The van der Waals surface area contributed by atoms with Crippen molar-refractivity contribution in [1.82, 2.24) is 0 Å². The highest BCUT2D eigenvalue weighted by molar-refractivity contribution is 8.04. The quantitative estimate of drug-likeness (QED) is 0.759. The summed E-state index contributed by atoms with van der Waals surface area (Å²) in [5.74, 6) is -0.00601. The standard InChI is InChI=1S/C17H14ClNO4S2/c1-23-12-5-4-10(9-11(12)18)19-16(21)14(13-3-2-7-24-13)15(17(19)22)25-8-6-20/h2-5,7,9,20H,6,8H2,1H3. The van der Waals surface area contributed by atoms with Gasteiger partial charge in [0.1, 0.15) is 5.75 Å². The Kier molecular flexibility index (Phi) is 5.48. The number of carbonyl (C=O) groups is 2. The van der Waals surface area contributed by atoms with Gasteiger partial charge in [-0.3, -0.25) is 9.59 Å². The Labute approximate surface area is 157 Å². The predicted octanol–water partition coefficient (Wildman–Crippen LogP) is 3.42. The molecule has 25 heavy (non-hydrogen) atoms. The fraction of sp³-hybridized carbons (Fsp3) is 0.176. The van der Waals surface area contributed by atoms with Gasteiger partial charge in [-0.25, -0.2) is 4.90 Å². The minimum atomic E-state index is -0.409. The summed E-state index contributed by atoms with van der Waals surface area (Å²) >= 11 is 8.70. The molecule has 2 heterocycles.